The molecule has 1 N–H and O–H groups in total. The van der Waals surface area contributed by atoms with Gasteiger partial charge in [-0.1, -0.05) is 29.8 Å². The SMILES string of the molecule is COc1ccc(-c2nc3ccccc3c(C(=O)Nc3ccc(Cl)cc3)c2C)cc1. The van der Waals surface area contributed by atoms with Crippen molar-refractivity contribution >= 4 is 34.1 Å². The van der Waals surface area contributed by atoms with Crippen LogP contribution in [0.1, 0.15) is 15.9 Å². The topological polar surface area (TPSA) is 51.2 Å². The van der Waals surface area contributed by atoms with E-state index in [0.29, 0.717) is 16.3 Å². The highest BCUT2D eigenvalue weighted by Gasteiger charge is 2.19. The lowest BCUT2D eigenvalue weighted by molar-refractivity contribution is 0.102. The van der Waals surface area contributed by atoms with Gasteiger partial charge in [0.2, 0.25) is 0 Å². The number of rotatable bonds is 4. The Morgan fingerprint density at radius 3 is 2.34 bits per heavy atom. The van der Waals surface area contributed by atoms with Crippen molar-refractivity contribution in [3.05, 3.63) is 88.9 Å². The van der Waals surface area contributed by atoms with Crippen LogP contribution in [0.25, 0.3) is 22.2 Å². The van der Waals surface area contributed by atoms with Gasteiger partial charge in [0.1, 0.15) is 5.75 Å². The first-order chi connectivity index (χ1) is 14.1. The van der Waals surface area contributed by atoms with Crippen molar-refractivity contribution in [3.8, 4) is 17.0 Å². The molecule has 5 heteroatoms. The zero-order chi connectivity index (χ0) is 20.4. The molecule has 0 unspecified atom stereocenters. The third-order valence-corrected chi connectivity index (χ3v) is 5.08. The minimum Gasteiger partial charge on any atom is -0.497 e. The highest BCUT2D eigenvalue weighted by molar-refractivity contribution is 6.30. The molecule has 0 fully saturated rings. The predicted octanol–water partition coefficient (Wildman–Crippen LogP) is 6.12. The molecule has 0 bridgehead atoms. The molecule has 0 saturated carbocycles. The van der Waals surface area contributed by atoms with E-state index in [1.807, 2.05) is 55.5 Å². The van der Waals surface area contributed by atoms with Gasteiger partial charge in [0.15, 0.2) is 0 Å². The first-order valence-corrected chi connectivity index (χ1v) is 9.55. The van der Waals surface area contributed by atoms with Crippen LogP contribution in [0.4, 0.5) is 5.69 Å². The monoisotopic (exact) mass is 402 g/mol. The summed E-state index contributed by atoms with van der Waals surface area (Å²) in [7, 11) is 1.63. The first kappa shape index (κ1) is 19.0. The Balaban J connectivity index is 1.84. The zero-order valence-corrected chi connectivity index (χ0v) is 16.8. The molecule has 29 heavy (non-hydrogen) atoms. The highest BCUT2D eigenvalue weighted by atomic mass is 35.5. The molecule has 144 valence electrons. The number of carbonyl (C=O) groups is 1. The summed E-state index contributed by atoms with van der Waals surface area (Å²) in [6.07, 6.45) is 0. The van der Waals surface area contributed by atoms with E-state index >= 15 is 0 Å². The van der Waals surface area contributed by atoms with Crippen LogP contribution in [-0.4, -0.2) is 18.0 Å². The van der Waals surface area contributed by atoms with Gasteiger partial charge in [0, 0.05) is 21.7 Å². The summed E-state index contributed by atoms with van der Waals surface area (Å²) in [5, 5.41) is 4.40. The van der Waals surface area contributed by atoms with Crippen LogP contribution in [0.2, 0.25) is 5.02 Å². The molecule has 0 radical (unpaired) electrons. The van der Waals surface area contributed by atoms with E-state index in [1.165, 1.54) is 0 Å². The molecule has 0 aliphatic heterocycles. The number of anilines is 1. The van der Waals surface area contributed by atoms with E-state index in [0.717, 1.165) is 33.5 Å². The Hall–Kier alpha value is -3.37. The van der Waals surface area contributed by atoms with Crippen molar-refractivity contribution in [1.82, 2.24) is 4.98 Å². The maximum atomic E-state index is 13.2. The molecule has 4 aromatic rings. The number of nitrogens with one attached hydrogen (secondary N) is 1. The molecule has 1 aromatic heterocycles. The molecule has 1 heterocycles. The number of aromatic nitrogens is 1. The van der Waals surface area contributed by atoms with Gasteiger partial charge in [0.25, 0.3) is 5.91 Å². The maximum absolute atomic E-state index is 13.2. The number of pyridine rings is 1. The van der Waals surface area contributed by atoms with E-state index in [9.17, 15) is 4.79 Å². The lowest BCUT2D eigenvalue weighted by atomic mass is 9.97. The van der Waals surface area contributed by atoms with E-state index in [2.05, 4.69) is 5.32 Å². The lowest BCUT2D eigenvalue weighted by Crippen LogP contribution is -2.15. The van der Waals surface area contributed by atoms with Crippen LogP contribution in [0.3, 0.4) is 0 Å². The number of benzene rings is 3. The highest BCUT2D eigenvalue weighted by Crippen LogP contribution is 2.31. The average molecular weight is 403 g/mol. The quantitative estimate of drug-likeness (QED) is 0.447. The third-order valence-electron chi connectivity index (χ3n) is 4.83. The van der Waals surface area contributed by atoms with Crippen molar-refractivity contribution in [2.75, 3.05) is 12.4 Å². The van der Waals surface area contributed by atoms with E-state index in [1.54, 1.807) is 31.4 Å². The molecule has 4 rings (SSSR count). The van der Waals surface area contributed by atoms with Crippen molar-refractivity contribution in [3.63, 3.8) is 0 Å². The summed E-state index contributed by atoms with van der Waals surface area (Å²) in [5.74, 6) is 0.589. The number of amides is 1. The van der Waals surface area contributed by atoms with Crippen molar-refractivity contribution in [2.45, 2.75) is 6.92 Å². The molecule has 1 amide bonds. The summed E-state index contributed by atoms with van der Waals surface area (Å²) in [6.45, 7) is 1.93. The number of nitrogens with zero attached hydrogens (tertiary/aromatic N) is 1. The largest absolute Gasteiger partial charge is 0.497 e. The third kappa shape index (κ3) is 3.80. The molecular formula is C24H19ClN2O2. The molecule has 0 spiro atoms. The van der Waals surface area contributed by atoms with E-state index in [4.69, 9.17) is 21.3 Å². The fourth-order valence-electron chi connectivity index (χ4n) is 3.36. The number of ether oxygens (including phenoxy) is 1. The molecular weight excluding hydrogens is 384 g/mol. The second kappa shape index (κ2) is 7.94. The van der Waals surface area contributed by atoms with Gasteiger partial charge < -0.3 is 10.1 Å². The predicted molar refractivity (Wildman–Crippen MR) is 118 cm³/mol. The Labute approximate surface area is 174 Å². The number of hydrogen-bond donors (Lipinski definition) is 1. The standard InChI is InChI=1S/C24H19ClN2O2/c1-15-22(24(28)26-18-11-9-17(25)10-12-18)20-5-3-4-6-21(20)27-23(15)16-7-13-19(29-2)14-8-16/h3-14H,1-2H3,(H,26,28). The fraction of sp³-hybridized carbons (Fsp3) is 0.0833. The number of hydrogen-bond acceptors (Lipinski definition) is 3. The number of carbonyl (C=O) groups excluding carboxylic acids is 1. The van der Waals surface area contributed by atoms with Gasteiger partial charge >= 0.3 is 0 Å². The van der Waals surface area contributed by atoms with Gasteiger partial charge in [-0.3, -0.25) is 4.79 Å². The number of halogens is 1. The van der Waals surface area contributed by atoms with E-state index in [-0.39, 0.29) is 5.91 Å². The fourth-order valence-corrected chi connectivity index (χ4v) is 3.48. The lowest BCUT2D eigenvalue weighted by Gasteiger charge is -2.15. The van der Waals surface area contributed by atoms with Gasteiger partial charge in [-0.25, -0.2) is 4.98 Å². The Morgan fingerprint density at radius 1 is 0.966 bits per heavy atom. The van der Waals surface area contributed by atoms with Crippen molar-refractivity contribution in [1.29, 1.82) is 0 Å². The van der Waals surface area contributed by atoms with Crippen LogP contribution in [0.5, 0.6) is 5.75 Å². The van der Waals surface area contributed by atoms with Crippen LogP contribution in [-0.2, 0) is 0 Å². The zero-order valence-electron chi connectivity index (χ0n) is 16.1. The van der Waals surface area contributed by atoms with Crippen molar-refractivity contribution < 1.29 is 9.53 Å². The number of fused-ring (bicyclic) bond motifs is 1. The summed E-state index contributed by atoms with van der Waals surface area (Å²) in [5.41, 5.74) is 4.58. The summed E-state index contributed by atoms with van der Waals surface area (Å²) >= 11 is 5.95. The summed E-state index contributed by atoms with van der Waals surface area (Å²) in [6, 6.07) is 22.4. The Morgan fingerprint density at radius 2 is 1.66 bits per heavy atom. The molecule has 3 aromatic carbocycles. The van der Waals surface area contributed by atoms with Crippen LogP contribution in [0.15, 0.2) is 72.8 Å². The molecule has 0 saturated heterocycles. The smallest absolute Gasteiger partial charge is 0.256 e. The molecule has 0 atom stereocenters. The van der Waals surface area contributed by atoms with E-state index < -0.39 is 0 Å². The molecule has 4 nitrogen and oxygen atoms in total. The second-order valence-corrected chi connectivity index (χ2v) is 7.10. The van der Waals surface area contributed by atoms with Crippen LogP contribution in [0, 0.1) is 6.92 Å². The van der Waals surface area contributed by atoms with Crippen molar-refractivity contribution in [2.24, 2.45) is 0 Å². The average Bonchev–Trinajstić information content (AvgIpc) is 2.75. The molecule has 0 aliphatic rings. The van der Waals surface area contributed by atoms with Gasteiger partial charge in [0.05, 0.1) is 23.9 Å². The minimum absolute atomic E-state index is 0.182. The number of para-hydroxylation sites is 1. The Bertz CT molecular complexity index is 1190. The van der Waals surface area contributed by atoms with Gasteiger partial charge in [-0.15, -0.1) is 0 Å². The van der Waals surface area contributed by atoms with Gasteiger partial charge in [-0.05, 0) is 67.1 Å². The maximum Gasteiger partial charge on any atom is 0.256 e. The molecule has 0 aliphatic carbocycles. The summed E-state index contributed by atoms with van der Waals surface area (Å²) < 4.78 is 5.25. The van der Waals surface area contributed by atoms with Crippen LogP contribution < -0.4 is 10.1 Å². The first-order valence-electron chi connectivity index (χ1n) is 9.17. The van der Waals surface area contributed by atoms with Crippen LogP contribution >= 0.6 is 11.6 Å². The number of methoxy groups -OCH3 is 1. The van der Waals surface area contributed by atoms with Gasteiger partial charge in [-0.2, -0.15) is 0 Å². The Kier molecular flexibility index (Phi) is 5.19. The normalized spacial score (nSPS) is 10.7. The summed E-state index contributed by atoms with van der Waals surface area (Å²) in [4.78, 5) is 18.0. The minimum atomic E-state index is -0.182. The second-order valence-electron chi connectivity index (χ2n) is 6.67.